The van der Waals surface area contributed by atoms with Crippen LogP contribution in [0.1, 0.15) is 19.1 Å². The van der Waals surface area contributed by atoms with Crippen molar-refractivity contribution >= 4 is 23.7 Å². The summed E-state index contributed by atoms with van der Waals surface area (Å²) in [6, 6.07) is 7.00. The van der Waals surface area contributed by atoms with E-state index in [0.717, 1.165) is 4.90 Å². The molecule has 2 heterocycles. The highest BCUT2D eigenvalue weighted by atomic mass is 16.6. The molecule has 9 nitrogen and oxygen atoms in total. The van der Waals surface area contributed by atoms with E-state index in [4.69, 9.17) is 9.15 Å². The van der Waals surface area contributed by atoms with Crippen molar-refractivity contribution in [3.05, 3.63) is 51.9 Å². The summed E-state index contributed by atoms with van der Waals surface area (Å²) in [6.45, 7) is 2.21. The van der Waals surface area contributed by atoms with E-state index in [2.05, 4.69) is 5.32 Å². The zero-order valence-electron chi connectivity index (χ0n) is 14.7. The molecule has 0 spiro atoms. The fourth-order valence-electron chi connectivity index (χ4n) is 2.71. The second-order valence-corrected chi connectivity index (χ2v) is 5.79. The van der Waals surface area contributed by atoms with E-state index < -0.39 is 16.9 Å². The first-order chi connectivity index (χ1) is 12.9. The summed E-state index contributed by atoms with van der Waals surface area (Å²) < 4.78 is 10.9. The molecule has 0 bridgehead atoms. The Hall–Kier alpha value is -3.62. The molecule has 1 aliphatic rings. The maximum atomic E-state index is 12.2. The molecule has 1 aromatic carbocycles. The lowest BCUT2D eigenvalue weighted by atomic mass is 10.1. The molecule has 3 amide bonds. The monoisotopic (exact) mass is 371 g/mol. The van der Waals surface area contributed by atoms with E-state index in [1.807, 2.05) is 6.92 Å². The Balaban J connectivity index is 1.89. The van der Waals surface area contributed by atoms with Crippen LogP contribution in [-0.2, 0) is 4.79 Å². The molecule has 0 saturated carbocycles. The number of rotatable bonds is 6. The Bertz CT molecular complexity index is 946. The fraction of sp³-hybridized carbons (Fsp3) is 0.222. The predicted molar refractivity (Wildman–Crippen MR) is 95.9 cm³/mol. The number of methoxy groups -OCH3 is 1. The number of benzene rings is 1. The number of furan rings is 1. The van der Waals surface area contributed by atoms with Crippen LogP contribution >= 0.6 is 0 Å². The molecule has 27 heavy (non-hydrogen) atoms. The Kier molecular flexibility index (Phi) is 4.93. The SMILES string of the molecule is CCCN1C(=O)N/C(=C/c2ccc(-c3ccc([N+](=O)[O-])cc3OC)o2)C1=O. The number of ether oxygens (including phenoxy) is 1. The normalized spacial score (nSPS) is 15.3. The van der Waals surface area contributed by atoms with Crippen molar-refractivity contribution in [1.82, 2.24) is 10.2 Å². The van der Waals surface area contributed by atoms with Crippen molar-refractivity contribution in [3.8, 4) is 17.1 Å². The van der Waals surface area contributed by atoms with Gasteiger partial charge in [0.05, 0.1) is 23.7 Å². The van der Waals surface area contributed by atoms with Gasteiger partial charge in [-0.3, -0.25) is 19.8 Å². The van der Waals surface area contributed by atoms with Gasteiger partial charge < -0.3 is 14.5 Å². The lowest BCUT2D eigenvalue weighted by molar-refractivity contribution is -0.384. The number of nitrogens with zero attached hydrogens (tertiary/aromatic N) is 2. The molecule has 1 aliphatic heterocycles. The standard InChI is InChI=1S/C18H17N3O6/c1-3-8-20-17(22)14(19-18(20)23)10-12-5-7-15(27-12)13-6-4-11(21(24)25)9-16(13)26-2/h4-7,9-10H,3,8H2,1-2H3,(H,19,23)/b14-10+. The van der Waals surface area contributed by atoms with Crippen LogP contribution < -0.4 is 10.1 Å². The second-order valence-electron chi connectivity index (χ2n) is 5.79. The number of hydrogen-bond donors (Lipinski definition) is 1. The highest BCUT2D eigenvalue weighted by Crippen LogP contribution is 2.34. The molecule has 0 aliphatic carbocycles. The quantitative estimate of drug-likeness (QED) is 0.361. The van der Waals surface area contributed by atoms with Crippen molar-refractivity contribution in [2.24, 2.45) is 0 Å². The van der Waals surface area contributed by atoms with Crippen molar-refractivity contribution in [1.29, 1.82) is 0 Å². The van der Waals surface area contributed by atoms with Crippen molar-refractivity contribution in [2.75, 3.05) is 13.7 Å². The van der Waals surface area contributed by atoms with E-state index in [-0.39, 0.29) is 17.1 Å². The summed E-state index contributed by atoms with van der Waals surface area (Å²) in [5.41, 5.74) is 0.562. The van der Waals surface area contributed by atoms with E-state index in [0.29, 0.717) is 30.0 Å². The summed E-state index contributed by atoms with van der Waals surface area (Å²) in [7, 11) is 1.41. The van der Waals surface area contributed by atoms with Crippen LogP contribution in [0.2, 0.25) is 0 Å². The number of nitrogens with one attached hydrogen (secondary N) is 1. The number of amides is 3. The number of nitro groups is 1. The third-order valence-electron chi connectivity index (χ3n) is 3.98. The molecule has 0 atom stereocenters. The largest absolute Gasteiger partial charge is 0.496 e. The summed E-state index contributed by atoms with van der Waals surface area (Å²) in [5, 5.41) is 13.4. The minimum absolute atomic E-state index is 0.0974. The van der Waals surface area contributed by atoms with Crippen LogP contribution in [0.5, 0.6) is 5.75 Å². The maximum absolute atomic E-state index is 12.2. The van der Waals surface area contributed by atoms with Gasteiger partial charge in [0.25, 0.3) is 11.6 Å². The van der Waals surface area contributed by atoms with Gasteiger partial charge in [-0.15, -0.1) is 0 Å². The Labute approximate surface area is 154 Å². The zero-order chi connectivity index (χ0) is 19.6. The molecule has 2 aromatic rings. The molecule has 1 saturated heterocycles. The molecule has 1 aromatic heterocycles. The minimum Gasteiger partial charge on any atom is -0.496 e. The zero-order valence-corrected chi connectivity index (χ0v) is 14.7. The number of imide groups is 1. The molecule has 1 N–H and O–H groups in total. The number of carbonyl (C=O) groups is 2. The molecule has 3 rings (SSSR count). The van der Waals surface area contributed by atoms with E-state index in [9.17, 15) is 19.7 Å². The van der Waals surface area contributed by atoms with Crippen LogP contribution in [0.4, 0.5) is 10.5 Å². The van der Waals surface area contributed by atoms with Gasteiger partial charge in [0.1, 0.15) is 23.0 Å². The number of non-ortho nitro benzene ring substituents is 1. The van der Waals surface area contributed by atoms with E-state index in [1.165, 1.54) is 31.4 Å². The van der Waals surface area contributed by atoms with Crippen LogP contribution in [0.25, 0.3) is 17.4 Å². The smallest absolute Gasteiger partial charge is 0.329 e. The van der Waals surface area contributed by atoms with Crippen LogP contribution in [0, 0.1) is 10.1 Å². The Morgan fingerprint density at radius 3 is 2.74 bits per heavy atom. The molecule has 1 fully saturated rings. The minimum atomic E-state index is -0.513. The van der Waals surface area contributed by atoms with Crippen molar-refractivity contribution in [2.45, 2.75) is 13.3 Å². The van der Waals surface area contributed by atoms with Gasteiger partial charge in [-0.05, 0) is 24.6 Å². The van der Waals surface area contributed by atoms with Crippen LogP contribution in [0.15, 0.2) is 40.4 Å². The van der Waals surface area contributed by atoms with Gasteiger partial charge in [-0.1, -0.05) is 6.92 Å². The van der Waals surface area contributed by atoms with Gasteiger partial charge in [-0.25, -0.2) is 4.79 Å². The van der Waals surface area contributed by atoms with Crippen molar-refractivity contribution < 1.29 is 23.7 Å². The molecular weight excluding hydrogens is 354 g/mol. The fourth-order valence-corrected chi connectivity index (χ4v) is 2.71. The average Bonchev–Trinajstić information content (AvgIpc) is 3.21. The number of carbonyl (C=O) groups excluding carboxylic acids is 2. The third-order valence-corrected chi connectivity index (χ3v) is 3.98. The Morgan fingerprint density at radius 1 is 1.30 bits per heavy atom. The van der Waals surface area contributed by atoms with Crippen molar-refractivity contribution in [3.63, 3.8) is 0 Å². The average molecular weight is 371 g/mol. The van der Waals surface area contributed by atoms with Crippen LogP contribution in [-0.4, -0.2) is 35.4 Å². The summed E-state index contributed by atoms with van der Waals surface area (Å²) >= 11 is 0. The van der Waals surface area contributed by atoms with Gasteiger partial charge >= 0.3 is 6.03 Å². The number of nitro benzene ring substituents is 1. The van der Waals surface area contributed by atoms with E-state index in [1.54, 1.807) is 12.1 Å². The maximum Gasteiger partial charge on any atom is 0.329 e. The predicted octanol–water partition coefficient (Wildman–Crippen LogP) is 3.17. The Morgan fingerprint density at radius 2 is 2.07 bits per heavy atom. The highest BCUT2D eigenvalue weighted by molar-refractivity contribution is 6.13. The molecule has 140 valence electrons. The van der Waals surface area contributed by atoms with E-state index >= 15 is 0 Å². The first-order valence-corrected chi connectivity index (χ1v) is 8.21. The summed E-state index contributed by atoms with van der Waals surface area (Å²) in [5.74, 6) is 0.646. The lowest BCUT2D eigenvalue weighted by Gasteiger charge is -2.08. The summed E-state index contributed by atoms with van der Waals surface area (Å²) in [4.78, 5) is 35.6. The van der Waals surface area contributed by atoms with Gasteiger partial charge in [0.15, 0.2) is 0 Å². The number of urea groups is 1. The summed E-state index contributed by atoms with van der Waals surface area (Å²) in [6.07, 6.45) is 2.11. The van der Waals surface area contributed by atoms with Crippen LogP contribution in [0.3, 0.4) is 0 Å². The molecular formula is C18H17N3O6. The molecule has 0 unspecified atom stereocenters. The molecule has 9 heteroatoms. The second kappa shape index (κ2) is 7.32. The van der Waals surface area contributed by atoms with Gasteiger partial charge in [0, 0.05) is 18.7 Å². The number of hydrogen-bond acceptors (Lipinski definition) is 6. The van der Waals surface area contributed by atoms with Gasteiger partial charge in [0.2, 0.25) is 0 Å². The third kappa shape index (κ3) is 3.52. The molecule has 0 radical (unpaired) electrons. The first kappa shape index (κ1) is 18.2. The highest BCUT2D eigenvalue weighted by Gasteiger charge is 2.32. The topological polar surface area (TPSA) is 115 Å². The van der Waals surface area contributed by atoms with Gasteiger partial charge in [-0.2, -0.15) is 0 Å². The lowest BCUT2D eigenvalue weighted by Crippen LogP contribution is -2.31. The first-order valence-electron chi connectivity index (χ1n) is 8.21.